The summed E-state index contributed by atoms with van der Waals surface area (Å²) in [6.45, 7) is 0. The fourth-order valence-electron chi connectivity index (χ4n) is 3.95. The predicted molar refractivity (Wildman–Crippen MR) is 95.2 cm³/mol. The molecule has 1 N–H and O–H groups in total. The number of alkyl halides is 3. The van der Waals surface area contributed by atoms with Crippen LogP contribution >= 0.6 is 0 Å². The molecular weight excluding hydrogens is 407 g/mol. The molecule has 1 amide bonds. The summed E-state index contributed by atoms with van der Waals surface area (Å²) in [6, 6.07) is 4.98. The van der Waals surface area contributed by atoms with Crippen LogP contribution < -0.4 is 5.32 Å². The zero-order valence-corrected chi connectivity index (χ0v) is 15.2. The van der Waals surface area contributed by atoms with Crippen LogP contribution in [0.2, 0.25) is 0 Å². The van der Waals surface area contributed by atoms with Gasteiger partial charge >= 0.3 is 6.18 Å². The molecule has 5 rings (SSSR count). The molecule has 154 valence electrons. The monoisotopic (exact) mass is 420 g/mol. The molecule has 0 aliphatic heterocycles. The standard InChI is InChI=1S/C20H13F5N4O/c21-11-2-3-15(14(22)7-11)29-18-12-5-9(12)6-13(18)17(28-29)19(30)27-16-4-1-10(8-26-16)20(23,24)25/h1-4,7-9,12H,5-6H2,(H,26,27,30)/t9-,12-/m1/s1. The Bertz CT molecular complexity index is 1170. The van der Waals surface area contributed by atoms with Gasteiger partial charge in [-0.2, -0.15) is 18.3 Å². The van der Waals surface area contributed by atoms with Gasteiger partial charge in [0.15, 0.2) is 11.5 Å². The second-order valence-electron chi connectivity index (χ2n) is 7.41. The normalized spacial score (nSPS) is 19.4. The lowest BCUT2D eigenvalue weighted by Gasteiger charge is -2.08. The molecule has 2 aliphatic rings. The van der Waals surface area contributed by atoms with Crippen molar-refractivity contribution in [3.63, 3.8) is 0 Å². The van der Waals surface area contributed by atoms with Gasteiger partial charge in [-0.25, -0.2) is 18.4 Å². The fourth-order valence-corrected chi connectivity index (χ4v) is 3.95. The predicted octanol–water partition coefficient (Wildman–Crippen LogP) is 4.48. The number of hydrogen-bond acceptors (Lipinski definition) is 3. The van der Waals surface area contributed by atoms with Crippen LogP contribution in [0.1, 0.15) is 39.6 Å². The zero-order chi connectivity index (χ0) is 21.2. The Kier molecular flexibility index (Phi) is 3.96. The molecule has 0 bridgehead atoms. The third-order valence-corrected chi connectivity index (χ3v) is 5.45. The molecule has 1 saturated carbocycles. The van der Waals surface area contributed by atoms with Crippen LogP contribution in [-0.2, 0) is 12.6 Å². The number of carbonyl (C=O) groups is 1. The van der Waals surface area contributed by atoms with E-state index in [-0.39, 0.29) is 23.1 Å². The smallest absolute Gasteiger partial charge is 0.305 e. The van der Waals surface area contributed by atoms with Gasteiger partial charge in [-0.05, 0) is 43.0 Å². The van der Waals surface area contributed by atoms with E-state index >= 15 is 0 Å². The topological polar surface area (TPSA) is 59.8 Å². The molecule has 0 radical (unpaired) electrons. The summed E-state index contributed by atoms with van der Waals surface area (Å²) in [7, 11) is 0. The van der Waals surface area contributed by atoms with Crippen molar-refractivity contribution in [3.05, 3.63) is 70.7 Å². The van der Waals surface area contributed by atoms with Gasteiger partial charge in [0.1, 0.15) is 17.3 Å². The molecule has 2 aromatic heterocycles. The second kappa shape index (κ2) is 6.35. The SMILES string of the molecule is O=C(Nc1ccc(C(F)(F)F)cn1)c1nn(-c2ccc(F)cc2F)c2c1C[C@H]1C[C@@H]21. The Morgan fingerprint density at radius 2 is 1.97 bits per heavy atom. The van der Waals surface area contributed by atoms with E-state index < -0.39 is 29.3 Å². The number of aromatic nitrogens is 3. The van der Waals surface area contributed by atoms with E-state index in [1.165, 1.54) is 10.7 Å². The molecular formula is C20H13F5N4O. The minimum atomic E-state index is -4.53. The second-order valence-corrected chi connectivity index (χ2v) is 7.41. The summed E-state index contributed by atoms with van der Waals surface area (Å²) in [5, 5.41) is 6.69. The summed E-state index contributed by atoms with van der Waals surface area (Å²) in [4.78, 5) is 16.4. The molecule has 30 heavy (non-hydrogen) atoms. The fraction of sp³-hybridized carbons (Fsp3) is 0.250. The summed E-state index contributed by atoms with van der Waals surface area (Å²) in [5.74, 6) is -1.74. The summed E-state index contributed by atoms with van der Waals surface area (Å²) in [5.41, 5.74) is 0.549. The number of halogens is 5. The molecule has 3 aromatic rings. The van der Waals surface area contributed by atoms with Gasteiger partial charge in [-0.3, -0.25) is 4.79 Å². The summed E-state index contributed by atoms with van der Waals surface area (Å²) >= 11 is 0. The van der Waals surface area contributed by atoms with E-state index in [0.29, 0.717) is 24.1 Å². The van der Waals surface area contributed by atoms with Gasteiger partial charge in [0.25, 0.3) is 5.91 Å². The van der Waals surface area contributed by atoms with Crippen LogP contribution in [0.5, 0.6) is 0 Å². The first-order valence-corrected chi connectivity index (χ1v) is 9.14. The first kappa shape index (κ1) is 18.7. The number of rotatable bonds is 3. The number of fused-ring (bicyclic) bond motifs is 3. The minimum absolute atomic E-state index is 0.0342. The quantitative estimate of drug-likeness (QED) is 0.636. The Labute approximate surface area is 166 Å². The minimum Gasteiger partial charge on any atom is -0.305 e. The number of nitrogens with one attached hydrogen (secondary N) is 1. The lowest BCUT2D eigenvalue weighted by Crippen LogP contribution is -2.16. The van der Waals surface area contributed by atoms with Crippen molar-refractivity contribution in [3.8, 4) is 5.69 Å². The van der Waals surface area contributed by atoms with E-state index in [9.17, 15) is 26.7 Å². The molecule has 1 aromatic carbocycles. The van der Waals surface area contributed by atoms with Crippen LogP contribution in [0.4, 0.5) is 27.8 Å². The van der Waals surface area contributed by atoms with Crippen molar-refractivity contribution in [2.24, 2.45) is 5.92 Å². The van der Waals surface area contributed by atoms with Crippen molar-refractivity contribution in [2.45, 2.75) is 24.9 Å². The molecule has 0 saturated heterocycles. The Balaban J connectivity index is 1.48. The molecule has 2 aliphatic carbocycles. The van der Waals surface area contributed by atoms with Crippen LogP contribution in [0.25, 0.3) is 5.69 Å². The van der Waals surface area contributed by atoms with Crippen molar-refractivity contribution in [2.75, 3.05) is 5.32 Å². The number of pyridine rings is 1. The number of amides is 1. The molecule has 2 heterocycles. The average Bonchev–Trinajstić information content (AvgIpc) is 3.18. The van der Waals surface area contributed by atoms with E-state index in [2.05, 4.69) is 15.4 Å². The van der Waals surface area contributed by atoms with Crippen molar-refractivity contribution >= 4 is 11.7 Å². The lowest BCUT2D eigenvalue weighted by atomic mass is 10.1. The van der Waals surface area contributed by atoms with Gasteiger partial charge < -0.3 is 5.32 Å². The summed E-state index contributed by atoms with van der Waals surface area (Å²) < 4.78 is 66.9. The van der Waals surface area contributed by atoms with Crippen molar-refractivity contribution in [1.82, 2.24) is 14.8 Å². The number of hydrogen-bond donors (Lipinski definition) is 1. The zero-order valence-electron chi connectivity index (χ0n) is 15.2. The molecule has 2 atom stereocenters. The molecule has 0 unspecified atom stereocenters. The Morgan fingerprint density at radius 3 is 2.63 bits per heavy atom. The van der Waals surface area contributed by atoms with Gasteiger partial charge in [0, 0.05) is 23.7 Å². The van der Waals surface area contributed by atoms with E-state index in [0.717, 1.165) is 36.4 Å². The number of anilines is 1. The highest BCUT2D eigenvalue weighted by Gasteiger charge is 2.50. The number of nitrogens with zero attached hydrogens (tertiary/aromatic N) is 3. The molecule has 5 nitrogen and oxygen atoms in total. The lowest BCUT2D eigenvalue weighted by molar-refractivity contribution is -0.137. The maximum absolute atomic E-state index is 14.3. The Hall–Kier alpha value is -3.30. The van der Waals surface area contributed by atoms with Crippen molar-refractivity contribution in [1.29, 1.82) is 0 Å². The van der Waals surface area contributed by atoms with Gasteiger partial charge in [-0.15, -0.1) is 0 Å². The van der Waals surface area contributed by atoms with Crippen molar-refractivity contribution < 1.29 is 26.7 Å². The highest BCUT2D eigenvalue weighted by Crippen LogP contribution is 2.57. The van der Waals surface area contributed by atoms with Gasteiger partial charge in [0.2, 0.25) is 0 Å². The Morgan fingerprint density at radius 1 is 1.17 bits per heavy atom. The number of benzene rings is 1. The molecule has 10 heteroatoms. The third-order valence-electron chi connectivity index (χ3n) is 5.45. The molecule has 1 fully saturated rings. The van der Waals surface area contributed by atoms with Crippen LogP contribution in [0.3, 0.4) is 0 Å². The third kappa shape index (κ3) is 3.03. The van der Waals surface area contributed by atoms with E-state index in [1.54, 1.807) is 0 Å². The average molecular weight is 420 g/mol. The molecule has 0 spiro atoms. The van der Waals surface area contributed by atoms with Crippen LogP contribution in [0.15, 0.2) is 36.5 Å². The van der Waals surface area contributed by atoms with E-state index in [1.807, 2.05) is 0 Å². The summed E-state index contributed by atoms with van der Waals surface area (Å²) in [6.07, 6.45) is -2.40. The van der Waals surface area contributed by atoms with Crippen LogP contribution in [0, 0.1) is 17.6 Å². The highest BCUT2D eigenvalue weighted by molar-refractivity contribution is 6.03. The van der Waals surface area contributed by atoms with Crippen LogP contribution in [-0.4, -0.2) is 20.7 Å². The van der Waals surface area contributed by atoms with Gasteiger partial charge in [0.05, 0.1) is 11.3 Å². The highest BCUT2D eigenvalue weighted by atomic mass is 19.4. The first-order valence-electron chi connectivity index (χ1n) is 9.14. The van der Waals surface area contributed by atoms with E-state index in [4.69, 9.17) is 0 Å². The maximum Gasteiger partial charge on any atom is 0.417 e. The largest absolute Gasteiger partial charge is 0.417 e. The van der Waals surface area contributed by atoms with Gasteiger partial charge in [-0.1, -0.05) is 0 Å². The number of carbonyl (C=O) groups excluding carboxylic acids is 1. The first-order chi connectivity index (χ1) is 14.2. The maximum atomic E-state index is 14.3.